The van der Waals surface area contributed by atoms with Gasteiger partial charge in [0.25, 0.3) is 0 Å². The summed E-state index contributed by atoms with van der Waals surface area (Å²) in [5.41, 5.74) is 5.61. The Bertz CT molecular complexity index is 813. The quantitative estimate of drug-likeness (QED) is 0.623. The summed E-state index contributed by atoms with van der Waals surface area (Å²) in [4.78, 5) is 23.9. The molecule has 3 atom stereocenters. The number of piperidine rings is 1. The molecule has 8 nitrogen and oxygen atoms in total. The highest BCUT2D eigenvalue weighted by Gasteiger charge is 2.35. The molecular weight excluding hydrogens is 392 g/mol. The van der Waals surface area contributed by atoms with Crippen molar-refractivity contribution in [2.24, 2.45) is 11.7 Å². The Balaban J connectivity index is 2.14. The van der Waals surface area contributed by atoms with Crippen LogP contribution in [0.3, 0.4) is 0 Å². The number of nitrogens with one attached hydrogen (secondary N) is 2. The van der Waals surface area contributed by atoms with Gasteiger partial charge in [0.05, 0.1) is 4.90 Å². The highest BCUT2D eigenvalue weighted by atomic mass is 32.2. The molecule has 1 saturated heterocycles. The Morgan fingerprint density at radius 3 is 2.17 bits per heavy atom. The predicted molar refractivity (Wildman–Crippen MR) is 113 cm³/mol. The van der Waals surface area contributed by atoms with E-state index in [0.29, 0.717) is 12.1 Å². The van der Waals surface area contributed by atoms with E-state index in [2.05, 4.69) is 10.6 Å². The van der Waals surface area contributed by atoms with E-state index in [4.69, 9.17) is 5.73 Å². The van der Waals surface area contributed by atoms with Crippen molar-refractivity contribution in [3.63, 3.8) is 0 Å². The first-order valence-corrected chi connectivity index (χ1v) is 11.5. The van der Waals surface area contributed by atoms with E-state index in [0.717, 1.165) is 19.3 Å². The molecule has 0 unspecified atom stereocenters. The van der Waals surface area contributed by atoms with Gasteiger partial charge in [0.15, 0.2) is 0 Å². The summed E-state index contributed by atoms with van der Waals surface area (Å²) in [5.74, 6) is -0.218. The summed E-state index contributed by atoms with van der Waals surface area (Å²) in [6, 6.07) is 4.50. The van der Waals surface area contributed by atoms with Crippen LogP contribution in [0.5, 0.6) is 0 Å². The number of primary amides is 1. The topological polar surface area (TPSA) is 122 Å². The lowest BCUT2D eigenvalue weighted by molar-refractivity contribution is -0.118. The Labute approximate surface area is 173 Å². The molecule has 1 aromatic rings. The summed E-state index contributed by atoms with van der Waals surface area (Å²) in [7, 11) is -3.61. The number of urea groups is 1. The lowest BCUT2D eigenvalue weighted by atomic mass is 10.0. The molecule has 1 aliphatic heterocycles. The van der Waals surface area contributed by atoms with Gasteiger partial charge in [-0.3, -0.25) is 4.79 Å². The number of nitrogens with two attached hydrogens (primary N) is 1. The van der Waals surface area contributed by atoms with Crippen molar-refractivity contribution in [2.45, 2.75) is 76.4 Å². The molecule has 2 rings (SSSR count). The van der Waals surface area contributed by atoms with Crippen LogP contribution in [0.25, 0.3) is 0 Å². The van der Waals surface area contributed by atoms with Crippen molar-refractivity contribution < 1.29 is 18.0 Å². The number of anilines is 1. The van der Waals surface area contributed by atoms with Crippen molar-refractivity contribution in [2.75, 3.05) is 5.32 Å². The van der Waals surface area contributed by atoms with Crippen LogP contribution in [0.2, 0.25) is 0 Å². The van der Waals surface area contributed by atoms with Gasteiger partial charge in [-0.2, -0.15) is 4.31 Å². The van der Waals surface area contributed by atoms with Crippen LogP contribution in [-0.4, -0.2) is 42.8 Å². The van der Waals surface area contributed by atoms with Crippen LogP contribution in [0.15, 0.2) is 29.2 Å². The van der Waals surface area contributed by atoms with Gasteiger partial charge in [0.2, 0.25) is 15.9 Å². The van der Waals surface area contributed by atoms with Gasteiger partial charge in [0.1, 0.15) is 6.04 Å². The normalized spacial score (nSPS) is 21.6. The summed E-state index contributed by atoms with van der Waals surface area (Å²) in [6.45, 7) is 7.74. The number of rotatable bonds is 7. The first-order valence-electron chi connectivity index (χ1n) is 10.0. The van der Waals surface area contributed by atoms with Crippen molar-refractivity contribution in [3.8, 4) is 0 Å². The number of nitrogens with zero attached hydrogens (tertiary/aromatic N) is 1. The van der Waals surface area contributed by atoms with E-state index in [1.54, 1.807) is 16.4 Å². The molecule has 0 saturated carbocycles. The van der Waals surface area contributed by atoms with Crippen LogP contribution in [0.1, 0.15) is 53.4 Å². The van der Waals surface area contributed by atoms with E-state index >= 15 is 0 Å². The summed E-state index contributed by atoms with van der Waals surface area (Å²) < 4.78 is 27.7. The SMILES string of the molecule is CC(C)C[C@@H](NC(N)=O)C(=O)Nc1ccc(S(=O)(=O)N2[C@@H](C)CCC[C@@H]2C)cc1. The second kappa shape index (κ2) is 9.58. The second-order valence-corrected chi connectivity index (χ2v) is 10.0. The molecule has 3 amide bonds. The number of benzene rings is 1. The maximum absolute atomic E-state index is 13.1. The zero-order chi connectivity index (χ0) is 21.8. The number of carbonyl (C=O) groups excluding carboxylic acids is 2. The van der Waals surface area contributed by atoms with Gasteiger partial charge in [-0.1, -0.05) is 20.3 Å². The lowest BCUT2D eigenvalue weighted by Crippen LogP contribution is -2.47. The van der Waals surface area contributed by atoms with Crippen LogP contribution >= 0.6 is 0 Å². The zero-order valence-corrected chi connectivity index (χ0v) is 18.3. The van der Waals surface area contributed by atoms with Crippen LogP contribution < -0.4 is 16.4 Å². The molecule has 4 N–H and O–H groups in total. The molecular formula is C20H32N4O4S. The minimum absolute atomic E-state index is 0.0419. The van der Waals surface area contributed by atoms with E-state index in [9.17, 15) is 18.0 Å². The maximum atomic E-state index is 13.1. The molecule has 0 spiro atoms. The number of sulfonamides is 1. The minimum atomic E-state index is -3.61. The Hall–Kier alpha value is -2.13. The van der Waals surface area contributed by atoms with Gasteiger partial charge >= 0.3 is 6.03 Å². The molecule has 0 bridgehead atoms. The summed E-state index contributed by atoms with van der Waals surface area (Å²) >= 11 is 0. The number of carbonyl (C=O) groups is 2. The Kier molecular flexibility index (Phi) is 7.65. The monoisotopic (exact) mass is 424 g/mol. The molecule has 162 valence electrons. The zero-order valence-electron chi connectivity index (χ0n) is 17.5. The molecule has 1 fully saturated rings. The minimum Gasteiger partial charge on any atom is -0.352 e. The molecule has 1 heterocycles. The highest BCUT2D eigenvalue weighted by molar-refractivity contribution is 7.89. The maximum Gasteiger partial charge on any atom is 0.312 e. The standard InChI is InChI=1S/C20H32N4O4S/c1-13(2)12-18(23-20(21)26)19(25)22-16-8-10-17(11-9-16)29(27,28)24-14(3)6-5-7-15(24)4/h8-11,13-15,18H,5-7,12H2,1-4H3,(H,22,25)(H3,21,23,26)/t14-,15-,18+/m0/s1. The smallest absolute Gasteiger partial charge is 0.312 e. The van der Waals surface area contributed by atoms with Gasteiger partial charge in [-0.15, -0.1) is 0 Å². The van der Waals surface area contributed by atoms with Gasteiger partial charge in [-0.05, 0) is 63.3 Å². The fraction of sp³-hybridized carbons (Fsp3) is 0.600. The highest BCUT2D eigenvalue weighted by Crippen LogP contribution is 2.30. The predicted octanol–water partition coefficient (Wildman–Crippen LogP) is 2.66. The van der Waals surface area contributed by atoms with Crippen LogP contribution in [0.4, 0.5) is 10.5 Å². The third-order valence-electron chi connectivity index (χ3n) is 5.15. The van der Waals surface area contributed by atoms with Crippen molar-refractivity contribution in [1.82, 2.24) is 9.62 Å². The first kappa shape index (κ1) is 23.2. The Morgan fingerprint density at radius 2 is 1.69 bits per heavy atom. The van der Waals surface area contributed by atoms with E-state index in [-0.39, 0.29) is 22.9 Å². The largest absolute Gasteiger partial charge is 0.352 e. The van der Waals surface area contributed by atoms with Gasteiger partial charge in [0, 0.05) is 17.8 Å². The third kappa shape index (κ3) is 5.93. The number of amides is 3. The summed E-state index contributed by atoms with van der Waals surface area (Å²) in [5, 5.41) is 5.15. The van der Waals surface area contributed by atoms with Crippen LogP contribution in [0, 0.1) is 5.92 Å². The summed E-state index contributed by atoms with van der Waals surface area (Å²) in [6.07, 6.45) is 3.16. The number of hydrogen-bond acceptors (Lipinski definition) is 4. The van der Waals surface area contributed by atoms with Crippen LogP contribution in [-0.2, 0) is 14.8 Å². The van der Waals surface area contributed by atoms with E-state index in [1.165, 1.54) is 12.1 Å². The average Bonchev–Trinajstić information content (AvgIpc) is 2.60. The second-order valence-electron chi connectivity index (χ2n) is 8.17. The lowest BCUT2D eigenvalue weighted by Gasteiger charge is -2.37. The van der Waals surface area contributed by atoms with Gasteiger partial charge in [-0.25, -0.2) is 13.2 Å². The molecule has 1 aromatic carbocycles. The average molecular weight is 425 g/mol. The fourth-order valence-electron chi connectivity index (χ4n) is 3.81. The molecule has 1 aliphatic rings. The van der Waals surface area contributed by atoms with Crippen molar-refractivity contribution in [3.05, 3.63) is 24.3 Å². The Morgan fingerprint density at radius 1 is 1.14 bits per heavy atom. The molecule has 0 radical (unpaired) electrons. The molecule has 0 aromatic heterocycles. The molecule has 29 heavy (non-hydrogen) atoms. The third-order valence-corrected chi connectivity index (χ3v) is 7.29. The van der Waals surface area contributed by atoms with Crippen molar-refractivity contribution >= 4 is 27.6 Å². The number of hydrogen-bond donors (Lipinski definition) is 3. The molecule has 0 aliphatic carbocycles. The fourth-order valence-corrected chi connectivity index (χ4v) is 5.69. The first-order chi connectivity index (χ1) is 13.5. The van der Waals surface area contributed by atoms with Gasteiger partial charge < -0.3 is 16.4 Å². The van der Waals surface area contributed by atoms with Crippen molar-refractivity contribution in [1.29, 1.82) is 0 Å². The van der Waals surface area contributed by atoms with E-state index in [1.807, 2.05) is 27.7 Å². The van der Waals surface area contributed by atoms with E-state index < -0.39 is 28.0 Å². The molecule has 9 heteroatoms.